The fraction of sp³-hybridized carbons (Fsp3) is 0.455. The minimum Gasteiger partial charge on any atom is -0.340 e. The molecule has 2 rings (SSSR count). The first-order valence-corrected chi connectivity index (χ1v) is 5.13. The number of carbonyl (C=O) groups excluding carboxylic acids is 1. The number of carbonyl (C=O) groups is 1. The molecule has 0 bridgehead atoms. The topological polar surface area (TPSA) is 45.2 Å². The molecular formula is C11H15N3O. The van der Waals surface area contributed by atoms with Gasteiger partial charge in [-0.25, -0.2) is 0 Å². The summed E-state index contributed by atoms with van der Waals surface area (Å²) in [6.07, 6.45) is 3.60. The van der Waals surface area contributed by atoms with Crippen molar-refractivity contribution in [2.24, 2.45) is 0 Å². The highest BCUT2D eigenvalue weighted by Gasteiger charge is 2.30. The highest BCUT2D eigenvalue weighted by atomic mass is 16.2. The maximum atomic E-state index is 11.5. The standard InChI is InChI=1S/C11H15N3O/c1-12-6-11(15)14-7-10(8-14)9-2-4-13-5-3-9/h2-5,10,12H,6-8H2,1H3. The van der Waals surface area contributed by atoms with Crippen molar-refractivity contribution >= 4 is 5.91 Å². The molecule has 1 aromatic rings. The van der Waals surface area contributed by atoms with Crippen LogP contribution in [0.15, 0.2) is 24.5 Å². The van der Waals surface area contributed by atoms with Crippen LogP contribution >= 0.6 is 0 Å². The molecule has 1 N–H and O–H groups in total. The summed E-state index contributed by atoms with van der Waals surface area (Å²) in [6.45, 7) is 2.11. The first-order valence-electron chi connectivity index (χ1n) is 5.13. The van der Waals surface area contributed by atoms with E-state index in [4.69, 9.17) is 0 Å². The minimum absolute atomic E-state index is 0.183. The normalized spacial score (nSPS) is 16.2. The molecule has 4 nitrogen and oxygen atoms in total. The number of nitrogens with one attached hydrogen (secondary N) is 1. The lowest BCUT2D eigenvalue weighted by Crippen LogP contribution is -2.50. The molecule has 15 heavy (non-hydrogen) atoms. The summed E-state index contributed by atoms with van der Waals surface area (Å²) < 4.78 is 0. The minimum atomic E-state index is 0.183. The molecule has 2 heterocycles. The zero-order valence-corrected chi connectivity index (χ0v) is 8.81. The number of hydrogen-bond acceptors (Lipinski definition) is 3. The summed E-state index contributed by atoms with van der Waals surface area (Å²) in [5.74, 6) is 0.677. The highest BCUT2D eigenvalue weighted by molar-refractivity contribution is 5.79. The molecule has 0 radical (unpaired) electrons. The van der Waals surface area contributed by atoms with Crippen LogP contribution in [0.4, 0.5) is 0 Å². The maximum absolute atomic E-state index is 11.5. The number of pyridine rings is 1. The average molecular weight is 205 g/mol. The van der Waals surface area contributed by atoms with Crippen molar-refractivity contribution in [2.45, 2.75) is 5.92 Å². The molecule has 80 valence electrons. The third-order valence-electron chi connectivity index (χ3n) is 2.74. The summed E-state index contributed by atoms with van der Waals surface area (Å²) in [5.41, 5.74) is 1.28. The second-order valence-corrected chi connectivity index (χ2v) is 3.81. The van der Waals surface area contributed by atoms with Gasteiger partial charge in [0.25, 0.3) is 0 Å². The van der Waals surface area contributed by atoms with Crippen LogP contribution in [-0.4, -0.2) is 42.5 Å². The van der Waals surface area contributed by atoms with Crippen molar-refractivity contribution in [1.82, 2.24) is 15.2 Å². The second kappa shape index (κ2) is 4.40. The third-order valence-corrected chi connectivity index (χ3v) is 2.74. The van der Waals surface area contributed by atoms with Crippen LogP contribution in [0.5, 0.6) is 0 Å². The summed E-state index contributed by atoms with van der Waals surface area (Å²) in [7, 11) is 1.79. The number of amides is 1. The van der Waals surface area contributed by atoms with Crippen molar-refractivity contribution in [2.75, 3.05) is 26.7 Å². The van der Waals surface area contributed by atoms with E-state index < -0.39 is 0 Å². The number of likely N-dealkylation sites (N-methyl/N-ethyl adjacent to an activating group) is 1. The fourth-order valence-electron chi connectivity index (χ4n) is 1.79. The van der Waals surface area contributed by atoms with Gasteiger partial charge in [0.2, 0.25) is 5.91 Å². The molecule has 0 atom stereocenters. The van der Waals surface area contributed by atoms with Crippen LogP contribution < -0.4 is 5.32 Å². The lowest BCUT2D eigenvalue weighted by atomic mass is 9.92. The molecule has 0 unspecified atom stereocenters. The molecule has 4 heteroatoms. The molecule has 1 aromatic heterocycles. The molecule has 0 aliphatic carbocycles. The van der Waals surface area contributed by atoms with E-state index in [9.17, 15) is 4.79 Å². The highest BCUT2D eigenvalue weighted by Crippen LogP contribution is 2.25. The summed E-state index contributed by atoms with van der Waals surface area (Å²) >= 11 is 0. The Hall–Kier alpha value is -1.42. The van der Waals surface area contributed by atoms with Gasteiger partial charge in [-0.2, -0.15) is 0 Å². The Labute approximate surface area is 89.3 Å². The maximum Gasteiger partial charge on any atom is 0.236 e. The molecule has 1 saturated heterocycles. The predicted octanol–water partition coefficient (Wildman–Crippen LogP) is 0.227. The van der Waals surface area contributed by atoms with Gasteiger partial charge < -0.3 is 10.2 Å². The number of nitrogens with zero attached hydrogens (tertiary/aromatic N) is 2. The van der Waals surface area contributed by atoms with E-state index in [1.54, 1.807) is 19.4 Å². The van der Waals surface area contributed by atoms with Gasteiger partial charge >= 0.3 is 0 Å². The molecule has 1 fully saturated rings. The van der Waals surface area contributed by atoms with E-state index in [1.807, 2.05) is 17.0 Å². The zero-order chi connectivity index (χ0) is 10.7. The predicted molar refractivity (Wildman–Crippen MR) is 57.5 cm³/mol. The van der Waals surface area contributed by atoms with Crippen LogP contribution in [0, 0.1) is 0 Å². The van der Waals surface area contributed by atoms with Crippen LogP contribution in [-0.2, 0) is 4.79 Å². The zero-order valence-electron chi connectivity index (χ0n) is 8.81. The van der Waals surface area contributed by atoms with Crippen molar-refractivity contribution in [3.05, 3.63) is 30.1 Å². The molecule has 0 saturated carbocycles. The first-order chi connectivity index (χ1) is 7.31. The van der Waals surface area contributed by atoms with Crippen molar-refractivity contribution < 1.29 is 4.79 Å². The van der Waals surface area contributed by atoms with Crippen LogP contribution in [0.25, 0.3) is 0 Å². The third kappa shape index (κ3) is 2.15. The Kier molecular flexibility index (Phi) is 2.97. The van der Waals surface area contributed by atoms with Crippen molar-refractivity contribution in [1.29, 1.82) is 0 Å². The van der Waals surface area contributed by atoms with Crippen LogP contribution in [0.2, 0.25) is 0 Å². The van der Waals surface area contributed by atoms with E-state index in [-0.39, 0.29) is 5.91 Å². The van der Waals surface area contributed by atoms with Gasteiger partial charge in [-0.15, -0.1) is 0 Å². The second-order valence-electron chi connectivity index (χ2n) is 3.81. The molecule has 1 aliphatic heterocycles. The lowest BCUT2D eigenvalue weighted by molar-refractivity contribution is -0.134. The molecule has 0 aromatic carbocycles. The summed E-state index contributed by atoms with van der Waals surface area (Å²) in [4.78, 5) is 17.3. The molecule has 1 aliphatic rings. The SMILES string of the molecule is CNCC(=O)N1CC(c2ccncc2)C1. The van der Waals surface area contributed by atoms with Gasteiger partial charge in [-0.1, -0.05) is 0 Å². The van der Waals surface area contributed by atoms with Gasteiger partial charge in [0.1, 0.15) is 0 Å². The Balaban J connectivity index is 1.86. The monoisotopic (exact) mass is 205 g/mol. The molecular weight excluding hydrogens is 190 g/mol. The van der Waals surface area contributed by atoms with E-state index in [0.717, 1.165) is 13.1 Å². The van der Waals surface area contributed by atoms with Gasteiger partial charge in [-0.3, -0.25) is 9.78 Å². The molecule has 1 amide bonds. The van der Waals surface area contributed by atoms with Gasteiger partial charge in [-0.05, 0) is 24.7 Å². The number of hydrogen-bond donors (Lipinski definition) is 1. The Morgan fingerprint density at radius 1 is 1.53 bits per heavy atom. The summed E-state index contributed by atoms with van der Waals surface area (Å²) in [6, 6.07) is 4.04. The van der Waals surface area contributed by atoms with E-state index >= 15 is 0 Å². The molecule has 0 spiro atoms. The van der Waals surface area contributed by atoms with Crippen LogP contribution in [0.1, 0.15) is 11.5 Å². The number of aromatic nitrogens is 1. The summed E-state index contributed by atoms with van der Waals surface area (Å²) in [5, 5.41) is 2.87. The van der Waals surface area contributed by atoms with Gasteiger partial charge in [0, 0.05) is 31.4 Å². The Morgan fingerprint density at radius 2 is 2.20 bits per heavy atom. The quantitative estimate of drug-likeness (QED) is 0.768. The van der Waals surface area contributed by atoms with Crippen molar-refractivity contribution in [3.63, 3.8) is 0 Å². The van der Waals surface area contributed by atoms with Crippen LogP contribution in [0.3, 0.4) is 0 Å². The van der Waals surface area contributed by atoms with Crippen molar-refractivity contribution in [3.8, 4) is 0 Å². The largest absolute Gasteiger partial charge is 0.340 e. The fourth-order valence-corrected chi connectivity index (χ4v) is 1.79. The average Bonchev–Trinajstić information content (AvgIpc) is 2.17. The van der Waals surface area contributed by atoms with E-state index in [2.05, 4.69) is 10.3 Å². The Morgan fingerprint density at radius 3 is 2.80 bits per heavy atom. The van der Waals surface area contributed by atoms with Gasteiger partial charge in [0.05, 0.1) is 6.54 Å². The number of rotatable bonds is 3. The smallest absolute Gasteiger partial charge is 0.236 e. The number of likely N-dealkylation sites (tertiary alicyclic amines) is 1. The first kappa shape index (κ1) is 10.1. The van der Waals surface area contributed by atoms with E-state index in [1.165, 1.54) is 5.56 Å². The Bertz CT molecular complexity index is 333. The van der Waals surface area contributed by atoms with Gasteiger partial charge in [0.15, 0.2) is 0 Å². The van der Waals surface area contributed by atoms with E-state index in [0.29, 0.717) is 12.5 Å². The lowest BCUT2D eigenvalue weighted by Gasteiger charge is -2.39.